The largest absolute Gasteiger partial charge is 0.507 e. The SMILES string of the molecule is COc1ccc(C(=O)Oc2ccc(C=Nc3cccc(C)c3)c(O)c2)cc1. The second-order valence-corrected chi connectivity index (χ2v) is 5.94. The number of ether oxygens (including phenoxy) is 2. The van der Waals surface area contributed by atoms with E-state index in [2.05, 4.69) is 4.99 Å². The first kappa shape index (κ1) is 18.2. The maximum Gasteiger partial charge on any atom is 0.343 e. The Balaban J connectivity index is 1.71. The Bertz CT molecular complexity index is 978. The molecule has 0 amide bonds. The van der Waals surface area contributed by atoms with Gasteiger partial charge in [0.05, 0.1) is 18.4 Å². The van der Waals surface area contributed by atoms with Gasteiger partial charge >= 0.3 is 5.97 Å². The number of methoxy groups -OCH3 is 1. The highest BCUT2D eigenvalue weighted by molar-refractivity contribution is 5.91. The van der Waals surface area contributed by atoms with E-state index < -0.39 is 5.97 Å². The lowest BCUT2D eigenvalue weighted by Crippen LogP contribution is -2.08. The van der Waals surface area contributed by atoms with Crippen LogP contribution >= 0.6 is 0 Å². The first-order valence-electron chi connectivity index (χ1n) is 8.35. The maximum atomic E-state index is 12.2. The Morgan fingerprint density at radius 1 is 1.00 bits per heavy atom. The minimum absolute atomic E-state index is 0.0218. The van der Waals surface area contributed by atoms with E-state index in [0.717, 1.165) is 11.3 Å². The van der Waals surface area contributed by atoms with Crippen LogP contribution in [0.1, 0.15) is 21.5 Å². The molecule has 0 bridgehead atoms. The van der Waals surface area contributed by atoms with Gasteiger partial charge in [-0.15, -0.1) is 0 Å². The Morgan fingerprint density at radius 2 is 1.74 bits per heavy atom. The summed E-state index contributed by atoms with van der Waals surface area (Å²) < 4.78 is 10.4. The number of carbonyl (C=O) groups is 1. The van der Waals surface area contributed by atoms with Crippen molar-refractivity contribution in [3.63, 3.8) is 0 Å². The second kappa shape index (κ2) is 8.19. The third-order valence-corrected chi connectivity index (χ3v) is 3.89. The smallest absolute Gasteiger partial charge is 0.343 e. The molecule has 3 aromatic rings. The molecule has 5 nitrogen and oxygen atoms in total. The van der Waals surface area contributed by atoms with Gasteiger partial charge in [-0.2, -0.15) is 0 Å². The average molecular weight is 361 g/mol. The van der Waals surface area contributed by atoms with Gasteiger partial charge in [0.1, 0.15) is 17.2 Å². The fourth-order valence-corrected chi connectivity index (χ4v) is 2.44. The predicted octanol–water partition coefficient (Wildman–Crippen LogP) is 4.68. The average Bonchev–Trinajstić information content (AvgIpc) is 2.67. The summed E-state index contributed by atoms with van der Waals surface area (Å²) in [6.07, 6.45) is 1.57. The Hall–Kier alpha value is -3.60. The summed E-state index contributed by atoms with van der Waals surface area (Å²) in [6.45, 7) is 1.99. The number of carbonyl (C=O) groups excluding carboxylic acids is 1. The van der Waals surface area contributed by atoms with Crippen molar-refractivity contribution in [1.29, 1.82) is 0 Å². The molecule has 0 fully saturated rings. The quantitative estimate of drug-likeness (QED) is 0.407. The van der Waals surface area contributed by atoms with E-state index >= 15 is 0 Å². The molecule has 0 spiro atoms. The van der Waals surface area contributed by atoms with Crippen LogP contribution in [0.3, 0.4) is 0 Å². The van der Waals surface area contributed by atoms with Crippen LogP contribution in [0.2, 0.25) is 0 Å². The normalized spacial score (nSPS) is 10.7. The number of phenols is 1. The van der Waals surface area contributed by atoms with Gasteiger partial charge in [-0.05, 0) is 61.0 Å². The fourth-order valence-electron chi connectivity index (χ4n) is 2.44. The van der Waals surface area contributed by atoms with Crippen molar-refractivity contribution in [2.24, 2.45) is 4.99 Å². The van der Waals surface area contributed by atoms with Crippen molar-refractivity contribution in [2.75, 3.05) is 7.11 Å². The molecule has 0 unspecified atom stereocenters. The zero-order chi connectivity index (χ0) is 19.2. The molecule has 0 aromatic heterocycles. The van der Waals surface area contributed by atoms with E-state index in [1.807, 2.05) is 31.2 Å². The Morgan fingerprint density at radius 3 is 2.41 bits per heavy atom. The zero-order valence-corrected chi connectivity index (χ0v) is 15.0. The van der Waals surface area contributed by atoms with Crippen LogP contribution in [0.25, 0.3) is 0 Å². The third-order valence-electron chi connectivity index (χ3n) is 3.89. The maximum absolute atomic E-state index is 12.2. The van der Waals surface area contributed by atoms with Crippen LogP contribution in [0.5, 0.6) is 17.2 Å². The number of aliphatic imine (C=N–C) groups is 1. The first-order valence-corrected chi connectivity index (χ1v) is 8.35. The summed E-state index contributed by atoms with van der Waals surface area (Å²) in [5, 5.41) is 10.2. The van der Waals surface area contributed by atoms with E-state index in [1.165, 1.54) is 6.07 Å². The first-order chi connectivity index (χ1) is 13.0. The summed E-state index contributed by atoms with van der Waals surface area (Å²) in [5.74, 6) is 0.368. The summed E-state index contributed by atoms with van der Waals surface area (Å²) >= 11 is 0. The van der Waals surface area contributed by atoms with E-state index in [1.54, 1.807) is 49.7 Å². The van der Waals surface area contributed by atoms with Crippen LogP contribution in [0.4, 0.5) is 5.69 Å². The molecule has 0 aliphatic heterocycles. The van der Waals surface area contributed by atoms with Gasteiger partial charge in [-0.25, -0.2) is 4.79 Å². The van der Waals surface area contributed by atoms with Crippen molar-refractivity contribution in [3.05, 3.63) is 83.4 Å². The van der Waals surface area contributed by atoms with E-state index in [4.69, 9.17) is 9.47 Å². The number of hydrogen-bond acceptors (Lipinski definition) is 5. The molecule has 0 saturated carbocycles. The number of benzene rings is 3. The summed E-state index contributed by atoms with van der Waals surface area (Å²) in [7, 11) is 1.56. The van der Waals surface area contributed by atoms with Gasteiger partial charge in [0.25, 0.3) is 0 Å². The minimum atomic E-state index is -0.516. The molecule has 0 aliphatic rings. The topological polar surface area (TPSA) is 68.1 Å². The molecule has 0 aliphatic carbocycles. The molecular formula is C22H19NO4. The van der Waals surface area contributed by atoms with Gasteiger partial charge in [0.15, 0.2) is 0 Å². The van der Waals surface area contributed by atoms with Crippen molar-refractivity contribution in [3.8, 4) is 17.2 Å². The number of phenolic OH excluding ortho intramolecular Hbond substituents is 1. The van der Waals surface area contributed by atoms with Crippen molar-refractivity contribution in [1.82, 2.24) is 0 Å². The van der Waals surface area contributed by atoms with Crippen LogP contribution in [-0.2, 0) is 0 Å². The molecule has 5 heteroatoms. The van der Waals surface area contributed by atoms with E-state index in [9.17, 15) is 9.90 Å². The molecule has 0 atom stereocenters. The van der Waals surface area contributed by atoms with Crippen molar-refractivity contribution in [2.45, 2.75) is 6.92 Å². The van der Waals surface area contributed by atoms with Crippen LogP contribution < -0.4 is 9.47 Å². The zero-order valence-electron chi connectivity index (χ0n) is 15.0. The van der Waals surface area contributed by atoms with E-state index in [-0.39, 0.29) is 11.5 Å². The molecule has 3 rings (SSSR count). The van der Waals surface area contributed by atoms with Crippen LogP contribution in [0, 0.1) is 6.92 Å². The van der Waals surface area contributed by atoms with Gasteiger partial charge in [-0.1, -0.05) is 12.1 Å². The van der Waals surface area contributed by atoms with E-state index in [0.29, 0.717) is 16.9 Å². The lowest BCUT2D eigenvalue weighted by atomic mass is 10.2. The van der Waals surface area contributed by atoms with Gasteiger partial charge < -0.3 is 14.6 Å². The highest BCUT2D eigenvalue weighted by Gasteiger charge is 2.10. The van der Waals surface area contributed by atoms with Crippen molar-refractivity contribution < 1.29 is 19.4 Å². The lowest BCUT2D eigenvalue weighted by Gasteiger charge is -2.07. The predicted molar refractivity (Wildman–Crippen MR) is 104 cm³/mol. The molecular weight excluding hydrogens is 342 g/mol. The molecule has 136 valence electrons. The fraction of sp³-hybridized carbons (Fsp3) is 0.0909. The van der Waals surface area contributed by atoms with Gasteiger partial charge in [0.2, 0.25) is 0 Å². The molecule has 0 heterocycles. The Kier molecular flexibility index (Phi) is 5.52. The van der Waals surface area contributed by atoms with Crippen LogP contribution in [-0.4, -0.2) is 24.4 Å². The Labute approximate surface area is 157 Å². The number of rotatable bonds is 5. The minimum Gasteiger partial charge on any atom is -0.507 e. The highest BCUT2D eigenvalue weighted by atomic mass is 16.5. The summed E-state index contributed by atoms with van der Waals surface area (Å²) in [5.41, 5.74) is 2.82. The standard InChI is InChI=1S/C22H19NO4/c1-15-4-3-5-18(12-15)23-14-17-8-11-20(13-21(17)24)27-22(25)16-6-9-19(26-2)10-7-16/h3-14,24H,1-2H3. The molecule has 3 aromatic carbocycles. The lowest BCUT2D eigenvalue weighted by molar-refractivity contribution is 0.0734. The number of nitrogens with zero attached hydrogens (tertiary/aromatic N) is 1. The molecule has 0 saturated heterocycles. The number of hydrogen-bond donors (Lipinski definition) is 1. The highest BCUT2D eigenvalue weighted by Crippen LogP contribution is 2.24. The van der Waals surface area contributed by atoms with Gasteiger partial charge in [-0.3, -0.25) is 4.99 Å². The number of esters is 1. The van der Waals surface area contributed by atoms with Gasteiger partial charge in [0, 0.05) is 17.8 Å². The number of aromatic hydroxyl groups is 1. The monoisotopic (exact) mass is 361 g/mol. The molecule has 0 radical (unpaired) electrons. The molecule has 1 N–H and O–H groups in total. The third kappa shape index (κ3) is 4.73. The number of aryl methyl sites for hydroxylation is 1. The summed E-state index contributed by atoms with van der Waals surface area (Å²) in [6, 6.07) is 19.0. The van der Waals surface area contributed by atoms with Crippen LogP contribution in [0.15, 0.2) is 71.7 Å². The summed E-state index contributed by atoms with van der Waals surface area (Å²) in [4.78, 5) is 16.5. The second-order valence-electron chi connectivity index (χ2n) is 5.94. The molecule has 27 heavy (non-hydrogen) atoms. The van der Waals surface area contributed by atoms with Crippen molar-refractivity contribution >= 4 is 17.9 Å².